The van der Waals surface area contributed by atoms with Crippen LogP contribution in [0.25, 0.3) is 0 Å². The normalized spacial score (nSPS) is 13.0. The summed E-state index contributed by atoms with van der Waals surface area (Å²) in [6.45, 7) is 8.56. The molecule has 1 aromatic rings. The zero-order valence-electron chi connectivity index (χ0n) is 12.9. The molecule has 0 aliphatic heterocycles. The number of rotatable bonds is 8. The standard InChI is InChI=1S/C17H29NO/c1-5-9-14(10-6-2)17(18)15-11-7-8-12-16(15)19-13(3)4/h7-8,11-14,17H,5-6,9-10,18H2,1-4H3. The van der Waals surface area contributed by atoms with E-state index in [2.05, 4.69) is 39.8 Å². The van der Waals surface area contributed by atoms with E-state index in [4.69, 9.17) is 10.5 Å². The minimum absolute atomic E-state index is 0.0786. The minimum Gasteiger partial charge on any atom is -0.491 e. The van der Waals surface area contributed by atoms with E-state index >= 15 is 0 Å². The molecule has 0 spiro atoms. The fourth-order valence-electron chi connectivity index (χ4n) is 2.62. The Labute approximate surface area is 118 Å². The predicted octanol–water partition coefficient (Wildman–Crippen LogP) is 4.69. The van der Waals surface area contributed by atoms with Crippen LogP contribution < -0.4 is 10.5 Å². The van der Waals surface area contributed by atoms with Gasteiger partial charge in [0.2, 0.25) is 0 Å². The monoisotopic (exact) mass is 263 g/mol. The largest absolute Gasteiger partial charge is 0.491 e. The van der Waals surface area contributed by atoms with E-state index in [-0.39, 0.29) is 12.1 Å². The van der Waals surface area contributed by atoms with Crippen LogP contribution in [0.15, 0.2) is 24.3 Å². The molecule has 2 heteroatoms. The van der Waals surface area contributed by atoms with Crippen LogP contribution in [0.3, 0.4) is 0 Å². The highest BCUT2D eigenvalue weighted by Gasteiger charge is 2.21. The third-order valence-electron chi connectivity index (χ3n) is 3.47. The first-order valence-corrected chi connectivity index (χ1v) is 7.61. The van der Waals surface area contributed by atoms with Gasteiger partial charge in [0.1, 0.15) is 5.75 Å². The first-order chi connectivity index (χ1) is 9.10. The first kappa shape index (κ1) is 16.0. The second-order valence-electron chi connectivity index (χ2n) is 5.57. The van der Waals surface area contributed by atoms with Crippen molar-refractivity contribution in [2.45, 2.75) is 65.5 Å². The molecule has 0 fully saturated rings. The molecule has 2 N–H and O–H groups in total. The summed E-state index contributed by atoms with van der Waals surface area (Å²) in [7, 11) is 0. The van der Waals surface area contributed by atoms with Crippen LogP contribution in [-0.4, -0.2) is 6.10 Å². The number of hydrogen-bond donors (Lipinski definition) is 1. The molecule has 1 unspecified atom stereocenters. The number of nitrogens with two attached hydrogens (primary N) is 1. The maximum absolute atomic E-state index is 6.51. The molecule has 0 radical (unpaired) electrons. The second kappa shape index (κ2) is 8.21. The van der Waals surface area contributed by atoms with Crippen molar-refractivity contribution < 1.29 is 4.74 Å². The molecule has 1 atom stereocenters. The minimum atomic E-state index is 0.0786. The van der Waals surface area contributed by atoms with Gasteiger partial charge >= 0.3 is 0 Å². The Balaban J connectivity index is 2.92. The Hall–Kier alpha value is -1.02. The van der Waals surface area contributed by atoms with E-state index in [1.807, 2.05) is 12.1 Å². The van der Waals surface area contributed by atoms with Crippen molar-refractivity contribution >= 4 is 0 Å². The van der Waals surface area contributed by atoms with Gasteiger partial charge in [0.25, 0.3) is 0 Å². The second-order valence-corrected chi connectivity index (χ2v) is 5.57. The lowest BCUT2D eigenvalue weighted by Gasteiger charge is -2.26. The van der Waals surface area contributed by atoms with E-state index in [1.54, 1.807) is 0 Å². The summed E-state index contributed by atoms with van der Waals surface area (Å²) in [6.07, 6.45) is 4.93. The number of hydrogen-bond acceptors (Lipinski definition) is 2. The molecule has 0 aromatic heterocycles. The average molecular weight is 263 g/mol. The predicted molar refractivity (Wildman–Crippen MR) is 82.4 cm³/mol. The van der Waals surface area contributed by atoms with Crippen molar-refractivity contribution in [2.75, 3.05) is 0 Å². The van der Waals surface area contributed by atoms with Crippen molar-refractivity contribution in [3.63, 3.8) is 0 Å². The van der Waals surface area contributed by atoms with Gasteiger partial charge in [-0.25, -0.2) is 0 Å². The molecule has 1 rings (SSSR count). The maximum atomic E-state index is 6.51. The van der Waals surface area contributed by atoms with E-state index in [0.29, 0.717) is 5.92 Å². The average Bonchev–Trinajstić information content (AvgIpc) is 2.38. The van der Waals surface area contributed by atoms with E-state index in [0.717, 1.165) is 11.3 Å². The van der Waals surface area contributed by atoms with Crippen LogP contribution in [0.1, 0.15) is 65.0 Å². The van der Waals surface area contributed by atoms with Crippen LogP contribution in [0, 0.1) is 5.92 Å². The van der Waals surface area contributed by atoms with Gasteiger partial charge in [-0.05, 0) is 38.7 Å². The van der Waals surface area contributed by atoms with E-state index in [9.17, 15) is 0 Å². The Bertz CT molecular complexity index is 356. The molecule has 0 bridgehead atoms. The van der Waals surface area contributed by atoms with Gasteiger partial charge in [-0.1, -0.05) is 44.9 Å². The molecule has 0 amide bonds. The summed E-state index contributed by atoms with van der Waals surface area (Å²) in [5.74, 6) is 1.49. The lowest BCUT2D eigenvalue weighted by atomic mass is 9.86. The Kier molecular flexibility index (Phi) is 6.93. The summed E-state index contributed by atoms with van der Waals surface area (Å²) in [4.78, 5) is 0. The summed E-state index contributed by atoms with van der Waals surface area (Å²) in [5.41, 5.74) is 7.66. The first-order valence-electron chi connectivity index (χ1n) is 7.61. The van der Waals surface area contributed by atoms with Crippen LogP contribution in [0.2, 0.25) is 0 Å². The summed E-state index contributed by atoms with van der Waals surface area (Å²) < 4.78 is 5.89. The lowest BCUT2D eigenvalue weighted by Crippen LogP contribution is -2.23. The summed E-state index contributed by atoms with van der Waals surface area (Å²) in [5, 5.41) is 0. The smallest absolute Gasteiger partial charge is 0.124 e. The topological polar surface area (TPSA) is 35.2 Å². The lowest BCUT2D eigenvalue weighted by molar-refractivity contribution is 0.235. The molecule has 0 heterocycles. The Morgan fingerprint density at radius 1 is 1.05 bits per heavy atom. The summed E-state index contributed by atoms with van der Waals surface area (Å²) >= 11 is 0. The van der Waals surface area contributed by atoms with Crippen molar-refractivity contribution in [1.29, 1.82) is 0 Å². The zero-order valence-corrected chi connectivity index (χ0v) is 12.9. The summed E-state index contributed by atoms with van der Waals surface area (Å²) in [6, 6.07) is 8.29. The van der Waals surface area contributed by atoms with Gasteiger partial charge in [0.05, 0.1) is 6.10 Å². The SMILES string of the molecule is CCCC(CCC)C(N)c1ccccc1OC(C)C. The van der Waals surface area contributed by atoms with Crippen LogP contribution in [0.4, 0.5) is 0 Å². The van der Waals surface area contributed by atoms with Crippen molar-refractivity contribution in [3.05, 3.63) is 29.8 Å². The Morgan fingerprint density at radius 2 is 1.63 bits per heavy atom. The Morgan fingerprint density at radius 3 is 2.16 bits per heavy atom. The quantitative estimate of drug-likeness (QED) is 0.738. The molecule has 19 heavy (non-hydrogen) atoms. The van der Waals surface area contributed by atoms with E-state index in [1.165, 1.54) is 25.7 Å². The van der Waals surface area contributed by atoms with Crippen LogP contribution in [-0.2, 0) is 0 Å². The molecule has 0 saturated carbocycles. The number of para-hydroxylation sites is 1. The molecule has 0 saturated heterocycles. The van der Waals surface area contributed by atoms with Crippen molar-refractivity contribution in [2.24, 2.45) is 11.7 Å². The van der Waals surface area contributed by atoms with E-state index < -0.39 is 0 Å². The molecular weight excluding hydrogens is 234 g/mol. The van der Waals surface area contributed by atoms with Crippen LogP contribution >= 0.6 is 0 Å². The number of ether oxygens (including phenoxy) is 1. The highest BCUT2D eigenvalue weighted by Crippen LogP contribution is 2.33. The van der Waals surface area contributed by atoms with Gasteiger partial charge in [0, 0.05) is 11.6 Å². The van der Waals surface area contributed by atoms with Gasteiger partial charge in [-0.15, -0.1) is 0 Å². The highest BCUT2D eigenvalue weighted by atomic mass is 16.5. The number of benzene rings is 1. The fourth-order valence-corrected chi connectivity index (χ4v) is 2.62. The van der Waals surface area contributed by atoms with Gasteiger partial charge in [-0.2, -0.15) is 0 Å². The highest BCUT2D eigenvalue weighted by molar-refractivity contribution is 5.36. The molecule has 108 valence electrons. The third-order valence-corrected chi connectivity index (χ3v) is 3.47. The molecule has 0 aliphatic carbocycles. The third kappa shape index (κ3) is 4.87. The van der Waals surface area contributed by atoms with Crippen molar-refractivity contribution in [1.82, 2.24) is 0 Å². The molecule has 0 aliphatic rings. The molecule has 2 nitrogen and oxygen atoms in total. The van der Waals surface area contributed by atoms with Gasteiger partial charge < -0.3 is 10.5 Å². The fraction of sp³-hybridized carbons (Fsp3) is 0.647. The molecular formula is C17H29NO. The molecule has 1 aromatic carbocycles. The van der Waals surface area contributed by atoms with Gasteiger partial charge in [0.15, 0.2) is 0 Å². The van der Waals surface area contributed by atoms with Gasteiger partial charge in [-0.3, -0.25) is 0 Å². The van der Waals surface area contributed by atoms with Crippen molar-refractivity contribution in [3.8, 4) is 5.75 Å². The van der Waals surface area contributed by atoms with Crippen LogP contribution in [0.5, 0.6) is 5.75 Å². The zero-order chi connectivity index (χ0) is 14.3. The maximum Gasteiger partial charge on any atom is 0.124 e.